The number of nitrogens with zero attached hydrogens (tertiary/aromatic N) is 3. The largest absolute Gasteiger partial charge is 0.340 e. The third kappa shape index (κ3) is 4.50. The molecule has 0 aliphatic carbocycles. The van der Waals surface area contributed by atoms with Gasteiger partial charge in [-0.15, -0.1) is 0 Å². The summed E-state index contributed by atoms with van der Waals surface area (Å²) in [6.45, 7) is 5.70. The molecule has 0 bridgehead atoms. The predicted molar refractivity (Wildman–Crippen MR) is 102 cm³/mol. The molecule has 148 valence electrons. The Balaban J connectivity index is 1.56. The van der Waals surface area contributed by atoms with Crippen molar-refractivity contribution >= 4 is 21.8 Å². The van der Waals surface area contributed by atoms with Crippen molar-refractivity contribution in [1.82, 2.24) is 14.1 Å². The van der Waals surface area contributed by atoms with Crippen LogP contribution in [0, 0.1) is 5.92 Å². The van der Waals surface area contributed by atoms with Crippen LogP contribution in [0.5, 0.6) is 0 Å². The highest BCUT2D eigenvalue weighted by atomic mass is 32.2. The van der Waals surface area contributed by atoms with Crippen LogP contribution in [0.4, 0.5) is 0 Å². The fraction of sp³-hybridized carbons (Fsp3) is 0.579. The van der Waals surface area contributed by atoms with Crippen LogP contribution >= 0.6 is 0 Å². The summed E-state index contributed by atoms with van der Waals surface area (Å²) in [5.74, 6) is -0.353. The standard InChI is InChI=1S/C19H27N3O4S/c1-15(2)22-13-17(12-18(22)23)19(24)20-8-10-21(11-9-20)27(25,26)14-16-6-4-3-5-7-16/h3-7,15,17H,8-14H2,1-2H3. The summed E-state index contributed by atoms with van der Waals surface area (Å²) < 4.78 is 26.7. The molecule has 2 fully saturated rings. The number of sulfonamides is 1. The molecule has 2 aliphatic rings. The van der Waals surface area contributed by atoms with Crippen molar-refractivity contribution in [3.63, 3.8) is 0 Å². The van der Waals surface area contributed by atoms with E-state index in [1.54, 1.807) is 21.9 Å². The Bertz CT molecular complexity index is 786. The maximum atomic E-state index is 12.7. The summed E-state index contributed by atoms with van der Waals surface area (Å²) in [5.41, 5.74) is 0.759. The lowest BCUT2D eigenvalue weighted by Gasteiger charge is -2.35. The van der Waals surface area contributed by atoms with Crippen molar-refractivity contribution in [1.29, 1.82) is 0 Å². The molecule has 8 heteroatoms. The molecule has 2 amide bonds. The molecule has 0 radical (unpaired) electrons. The second kappa shape index (κ2) is 7.98. The molecule has 2 aliphatic heterocycles. The van der Waals surface area contributed by atoms with E-state index in [0.29, 0.717) is 32.7 Å². The average molecular weight is 394 g/mol. The van der Waals surface area contributed by atoms with Gasteiger partial charge in [-0.2, -0.15) is 4.31 Å². The minimum Gasteiger partial charge on any atom is -0.340 e. The molecule has 0 saturated carbocycles. The van der Waals surface area contributed by atoms with Gasteiger partial charge in [0.15, 0.2) is 0 Å². The summed E-state index contributed by atoms with van der Waals surface area (Å²) in [7, 11) is -3.40. The molecule has 1 aromatic rings. The number of amides is 2. The van der Waals surface area contributed by atoms with Gasteiger partial charge >= 0.3 is 0 Å². The molecule has 1 unspecified atom stereocenters. The van der Waals surface area contributed by atoms with Crippen molar-refractivity contribution in [3.05, 3.63) is 35.9 Å². The van der Waals surface area contributed by atoms with Crippen molar-refractivity contribution in [2.75, 3.05) is 32.7 Å². The van der Waals surface area contributed by atoms with Crippen LogP contribution in [0.15, 0.2) is 30.3 Å². The van der Waals surface area contributed by atoms with Gasteiger partial charge < -0.3 is 9.80 Å². The van der Waals surface area contributed by atoms with Gasteiger partial charge in [-0.25, -0.2) is 8.42 Å². The smallest absolute Gasteiger partial charge is 0.228 e. The number of rotatable bonds is 5. The Hall–Kier alpha value is -1.93. The number of hydrogen-bond donors (Lipinski definition) is 0. The lowest BCUT2D eigenvalue weighted by Crippen LogP contribution is -2.52. The van der Waals surface area contributed by atoms with E-state index in [4.69, 9.17) is 0 Å². The van der Waals surface area contributed by atoms with Crippen LogP contribution in [0.3, 0.4) is 0 Å². The first-order chi connectivity index (χ1) is 12.8. The maximum absolute atomic E-state index is 12.7. The number of piperazine rings is 1. The van der Waals surface area contributed by atoms with E-state index in [-0.39, 0.29) is 35.9 Å². The lowest BCUT2D eigenvalue weighted by atomic mass is 10.1. The van der Waals surface area contributed by atoms with Crippen LogP contribution in [0.25, 0.3) is 0 Å². The zero-order valence-electron chi connectivity index (χ0n) is 15.9. The Morgan fingerprint density at radius 3 is 2.30 bits per heavy atom. The highest BCUT2D eigenvalue weighted by Gasteiger charge is 2.39. The molecule has 3 rings (SSSR count). The van der Waals surface area contributed by atoms with E-state index in [9.17, 15) is 18.0 Å². The van der Waals surface area contributed by atoms with Crippen LogP contribution in [0.1, 0.15) is 25.8 Å². The number of carbonyl (C=O) groups excluding carboxylic acids is 2. The summed E-state index contributed by atoms with van der Waals surface area (Å²) in [4.78, 5) is 28.2. The van der Waals surface area contributed by atoms with E-state index in [2.05, 4.69) is 0 Å². The van der Waals surface area contributed by atoms with E-state index in [0.717, 1.165) is 5.56 Å². The highest BCUT2D eigenvalue weighted by molar-refractivity contribution is 7.88. The van der Waals surface area contributed by atoms with Gasteiger partial charge in [0, 0.05) is 45.2 Å². The molecule has 2 saturated heterocycles. The third-order valence-electron chi connectivity index (χ3n) is 5.27. The van der Waals surface area contributed by atoms with Gasteiger partial charge in [-0.3, -0.25) is 9.59 Å². The fourth-order valence-corrected chi connectivity index (χ4v) is 5.23. The van der Waals surface area contributed by atoms with Crippen molar-refractivity contribution < 1.29 is 18.0 Å². The first-order valence-electron chi connectivity index (χ1n) is 9.38. The minimum absolute atomic E-state index is 0.0208. The highest BCUT2D eigenvalue weighted by Crippen LogP contribution is 2.23. The van der Waals surface area contributed by atoms with E-state index in [1.807, 2.05) is 32.0 Å². The number of carbonyl (C=O) groups is 2. The zero-order chi connectivity index (χ0) is 19.6. The van der Waals surface area contributed by atoms with E-state index >= 15 is 0 Å². The molecule has 1 atom stereocenters. The first-order valence-corrected chi connectivity index (χ1v) is 11.0. The monoisotopic (exact) mass is 393 g/mol. The Labute approximate surface area is 161 Å². The summed E-state index contributed by atoms with van der Waals surface area (Å²) in [6.07, 6.45) is 0.254. The molecule has 1 aromatic carbocycles. The fourth-order valence-electron chi connectivity index (χ4n) is 3.72. The second-order valence-electron chi connectivity index (χ2n) is 7.51. The van der Waals surface area contributed by atoms with Crippen LogP contribution < -0.4 is 0 Å². The predicted octanol–water partition coefficient (Wildman–Crippen LogP) is 0.918. The van der Waals surface area contributed by atoms with Gasteiger partial charge in [0.05, 0.1) is 11.7 Å². The van der Waals surface area contributed by atoms with Crippen LogP contribution in [-0.2, 0) is 25.4 Å². The van der Waals surface area contributed by atoms with Crippen molar-refractivity contribution in [2.45, 2.75) is 32.1 Å². The second-order valence-corrected chi connectivity index (χ2v) is 9.48. The first kappa shape index (κ1) is 19.8. The number of hydrogen-bond acceptors (Lipinski definition) is 4. The van der Waals surface area contributed by atoms with Gasteiger partial charge in [0.1, 0.15) is 0 Å². The van der Waals surface area contributed by atoms with Gasteiger partial charge in [-0.05, 0) is 19.4 Å². The minimum atomic E-state index is -3.40. The zero-order valence-corrected chi connectivity index (χ0v) is 16.7. The summed E-state index contributed by atoms with van der Waals surface area (Å²) >= 11 is 0. The maximum Gasteiger partial charge on any atom is 0.228 e. The normalized spacial score (nSPS) is 21.9. The van der Waals surface area contributed by atoms with Gasteiger partial charge in [-0.1, -0.05) is 30.3 Å². The Kier molecular flexibility index (Phi) is 5.86. The number of benzene rings is 1. The molecule has 27 heavy (non-hydrogen) atoms. The SMILES string of the molecule is CC(C)N1CC(C(=O)N2CCN(S(=O)(=O)Cc3ccccc3)CC2)CC1=O. The third-order valence-corrected chi connectivity index (χ3v) is 7.12. The Morgan fingerprint density at radius 1 is 1.11 bits per heavy atom. The summed E-state index contributed by atoms with van der Waals surface area (Å²) in [6, 6.07) is 9.20. The lowest BCUT2D eigenvalue weighted by molar-refractivity contribution is -0.137. The molecule has 0 spiro atoms. The van der Waals surface area contributed by atoms with Crippen molar-refractivity contribution in [2.24, 2.45) is 5.92 Å². The van der Waals surface area contributed by atoms with Crippen LogP contribution in [0.2, 0.25) is 0 Å². The average Bonchev–Trinajstić information content (AvgIpc) is 3.04. The van der Waals surface area contributed by atoms with Gasteiger partial charge in [0.25, 0.3) is 0 Å². The molecule has 0 N–H and O–H groups in total. The van der Waals surface area contributed by atoms with E-state index in [1.165, 1.54) is 4.31 Å². The van der Waals surface area contributed by atoms with Crippen molar-refractivity contribution in [3.8, 4) is 0 Å². The topological polar surface area (TPSA) is 78.0 Å². The Morgan fingerprint density at radius 2 is 1.74 bits per heavy atom. The molecule has 2 heterocycles. The molecular formula is C19H27N3O4S. The number of likely N-dealkylation sites (tertiary alicyclic amines) is 1. The van der Waals surface area contributed by atoms with Crippen LogP contribution in [-0.4, -0.2) is 73.1 Å². The summed E-state index contributed by atoms with van der Waals surface area (Å²) in [5, 5.41) is 0. The van der Waals surface area contributed by atoms with Gasteiger partial charge in [0.2, 0.25) is 21.8 Å². The quantitative estimate of drug-likeness (QED) is 0.745. The van der Waals surface area contributed by atoms with E-state index < -0.39 is 10.0 Å². The molecular weight excluding hydrogens is 366 g/mol. The molecule has 0 aromatic heterocycles. The molecule has 7 nitrogen and oxygen atoms in total.